The van der Waals surface area contributed by atoms with E-state index < -0.39 is 11.7 Å². The van der Waals surface area contributed by atoms with Gasteiger partial charge in [0.1, 0.15) is 5.75 Å². The Morgan fingerprint density at radius 3 is 2.10 bits per heavy atom. The van der Waals surface area contributed by atoms with Crippen molar-refractivity contribution in [2.24, 2.45) is 0 Å². The van der Waals surface area contributed by atoms with Crippen LogP contribution in [0, 0.1) is 0 Å². The van der Waals surface area contributed by atoms with Crippen LogP contribution >= 0.6 is 11.6 Å². The molecular weight excluding hydrogens is 561 g/mol. The zero-order valence-corrected chi connectivity index (χ0v) is 24.4. The van der Waals surface area contributed by atoms with Gasteiger partial charge in [0, 0.05) is 51.3 Å². The fraction of sp³-hybridized carbons (Fsp3) is 0.265. The largest absolute Gasteiger partial charge is 0.493 e. The highest BCUT2D eigenvalue weighted by molar-refractivity contribution is 6.32. The molecule has 0 N–H and O–H groups in total. The van der Waals surface area contributed by atoms with E-state index in [1.165, 1.54) is 13.0 Å². The number of benzene rings is 4. The number of nitrogens with zero attached hydrogens (tertiary/aromatic N) is 2. The van der Waals surface area contributed by atoms with Crippen LogP contribution < -0.4 is 9.64 Å². The number of rotatable bonds is 12. The number of halogens is 4. The fourth-order valence-corrected chi connectivity index (χ4v) is 5.16. The maximum absolute atomic E-state index is 13.6. The molecule has 4 nitrogen and oxygen atoms in total. The Morgan fingerprint density at radius 1 is 0.881 bits per heavy atom. The molecule has 4 aromatic rings. The van der Waals surface area contributed by atoms with Crippen LogP contribution in [0.15, 0.2) is 103 Å². The van der Waals surface area contributed by atoms with E-state index in [-0.39, 0.29) is 23.4 Å². The van der Waals surface area contributed by atoms with Crippen molar-refractivity contribution >= 4 is 23.2 Å². The molecule has 0 atom stereocenters. The standard InChI is InChI=1S/C34H34ClF3N2O2/c1-25(41)39(2)29-17-10-18-30(22-29)42-21-11-20-40(23-28-16-9-19-32(33(28)35)34(36,37)38)24-31(26-12-5-3-6-13-26)27-14-7-4-8-15-27/h3-10,12-19,22,31H,11,20-21,23-24H2,1-2H3. The van der Waals surface area contributed by atoms with Gasteiger partial charge in [-0.3, -0.25) is 9.69 Å². The summed E-state index contributed by atoms with van der Waals surface area (Å²) in [4.78, 5) is 15.4. The summed E-state index contributed by atoms with van der Waals surface area (Å²) in [5.41, 5.74) is 2.56. The van der Waals surface area contributed by atoms with Gasteiger partial charge in [0.05, 0.1) is 17.2 Å². The molecular formula is C34H34ClF3N2O2. The second-order valence-corrected chi connectivity index (χ2v) is 10.5. The summed E-state index contributed by atoms with van der Waals surface area (Å²) in [6.07, 6.45) is -3.91. The van der Waals surface area contributed by atoms with Gasteiger partial charge in [0.15, 0.2) is 0 Å². The number of hydrogen-bond donors (Lipinski definition) is 0. The normalized spacial score (nSPS) is 11.6. The molecule has 0 saturated carbocycles. The number of alkyl halides is 3. The molecule has 8 heteroatoms. The lowest BCUT2D eigenvalue weighted by Crippen LogP contribution is -2.31. The third kappa shape index (κ3) is 8.37. The molecule has 0 aromatic heterocycles. The molecule has 42 heavy (non-hydrogen) atoms. The number of carbonyl (C=O) groups is 1. The highest BCUT2D eigenvalue weighted by Gasteiger charge is 2.34. The Kier molecular flexibility index (Phi) is 10.7. The minimum atomic E-state index is -4.53. The Bertz CT molecular complexity index is 1410. The van der Waals surface area contributed by atoms with Crippen molar-refractivity contribution in [3.8, 4) is 5.75 Å². The van der Waals surface area contributed by atoms with Crippen LogP contribution in [0.2, 0.25) is 5.02 Å². The lowest BCUT2D eigenvalue weighted by molar-refractivity contribution is -0.137. The summed E-state index contributed by atoms with van der Waals surface area (Å²) in [6.45, 7) is 3.27. The van der Waals surface area contributed by atoms with Gasteiger partial charge in [0.2, 0.25) is 5.91 Å². The van der Waals surface area contributed by atoms with Crippen molar-refractivity contribution in [3.63, 3.8) is 0 Å². The van der Waals surface area contributed by atoms with Gasteiger partial charge in [-0.1, -0.05) is 90.5 Å². The van der Waals surface area contributed by atoms with Crippen LogP contribution in [-0.4, -0.2) is 37.6 Å². The van der Waals surface area contributed by atoms with E-state index in [9.17, 15) is 18.0 Å². The molecule has 0 unspecified atom stereocenters. The SMILES string of the molecule is CC(=O)N(C)c1cccc(OCCCN(Cc2cccc(C(F)(F)F)c2Cl)CC(c2ccccc2)c2ccccc2)c1. The Morgan fingerprint density at radius 2 is 1.50 bits per heavy atom. The Balaban J connectivity index is 1.55. The van der Waals surface area contributed by atoms with E-state index in [0.29, 0.717) is 37.4 Å². The van der Waals surface area contributed by atoms with Gasteiger partial charge >= 0.3 is 6.18 Å². The molecule has 4 rings (SSSR count). The van der Waals surface area contributed by atoms with Crippen LogP contribution in [0.5, 0.6) is 5.75 Å². The minimum absolute atomic E-state index is 0.00306. The molecule has 0 heterocycles. The molecule has 0 aliphatic rings. The number of anilines is 1. The number of ether oxygens (including phenoxy) is 1. The van der Waals surface area contributed by atoms with Gasteiger partial charge in [-0.15, -0.1) is 0 Å². The fourth-order valence-electron chi connectivity index (χ4n) is 4.87. The van der Waals surface area contributed by atoms with Crippen molar-refractivity contribution in [1.82, 2.24) is 4.90 Å². The van der Waals surface area contributed by atoms with Gasteiger partial charge in [-0.25, -0.2) is 0 Å². The number of amides is 1. The average Bonchev–Trinajstić information content (AvgIpc) is 2.98. The minimum Gasteiger partial charge on any atom is -0.493 e. The summed E-state index contributed by atoms with van der Waals surface area (Å²) in [5, 5.41) is -0.270. The highest BCUT2D eigenvalue weighted by Crippen LogP contribution is 2.37. The smallest absolute Gasteiger partial charge is 0.417 e. The lowest BCUT2D eigenvalue weighted by Gasteiger charge is -2.29. The zero-order chi connectivity index (χ0) is 30.1. The summed E-state index contributed by atoms with van der Waals surface area (Å²) >= 11 is 6.31. The summed E-state index contributed by atoms with van der Waals surface area (Å²) in [6, 6.07) is 31.5. The molecule has 0 fully saturated rings. The topological polar surface area (TPSA) is 32.8 Å². The molecule has 0 aliphatic heterocycles. The molecule has 0 aliphatic carbocycles. The van der Waals surface area contributed by atoms with E-state index in [4.69, 9.17) is 16.3 Å². The van der Waals surface area contributed by atoms with Gasteiger partial charge < -0.3 is 9.64 Å². The first-order valence-electron chi connectivity index (χ1n) is 13.8. The molecule has 0 spiro atoms. The predicted molar refractivity (Wildman–Crippen MR) is 162 cm³/mol. The summed E-state index contributed by atoms with van der Waals surface area (Å²) < 4.78 is 46.8. The third-order valence-electron chi connectivity index (χ3n) is 7.19. The zero-order valence-electron chi connectivity index (χ0n) is 23.7. The molecule has 4 aromatic carbocycles. The summed E-state index contributed by atoms with van der Waals surface area (Å²) in [5.74, 6) is 0.554. The monoisotopic (exact) mass is 594 g/mol. The lowest BCUT2D eigenvalue weighted by atomic mass is 9.90. The summed E-state index contributed by atoms with van der Waals surface area (Å²) in [7, 11) is 1.70. The first-order chi connectivity index (χ1) is 20.1. The maximum Gasteiger partial charge on any atom is 0.417 e. The van der Waals surface area contributed by atoms with E-state index >= 15 is 0 Å². The van der Waals surface area contributed by atoms with Crippen molar-refractivity contribution in [1.29, 1.82) is 0 Å². The third-order valence-corrected chi connectivity index (χ3v) is 7.63. The van der Waals surface area contributed by atoms with Crippen molar-refractivity contribution in [2.45, 2.75) is 32.0 Å². The van der Waals surface area contributed by atoms with E-state index in [2.05, 4.69) is 29.2 Å². The van der Waals surface area contributed by atoms with Gasteiger partial charge in [-0.05, 0) is 41.3 Å². The van der Waals surface area contributed by atoms with E-state index in [1.54, 1.807) is 18.0 Å². The Labute approximate surface area is 250 Å². The molecule has 1 amide bonds. The van der Waals surface area contributed by atoms with Gasteiger partial charge in [0.25, 0.3) is 0 Å². The molecule has 0 saturated heterocycles. The first-order valence-corrected chi connectivity index (χ1v) is 14.1. The number of hydrogen-bond acceptors (Lipinski definition) is 3. The molecule has 0 radical (unpaired) electrons. The second kappa shape index (κ2) is 14.4. The van der Waals surface area contributed by atoms with Crippen molar-refractivity contribution in [3.05, 3.63) is 130 Å². The van der Waals surface area contributed by atoms with Crippen LogP contribution in [0.1, 0.15) is 41.5 Å². The molecule has 0 bridgehead atoms. The van der Waals surface area contributed by atoms with Crippen LogP contribution in [0.3, 0.4) is 0 Å². The Hall–Kier alpha value is -3.81. The quantitative estimate of drug-likeness (QED) is 0.154. The highest BCUT2D eigenvalue weighted by atomic mass is 35.5. The number of carbonyl (C=O) groups excluding carboxylic acids is 1. The van der Waals surface area contributed by atoms with Gasteiger partial charge in [-0.2, -0.15) is 13.2 Å². The van der Waals surface area contributed by atoms with Crippen molar-refractivity contribution in [2.75, 3.05) is 31.6 Å². The van der Waals surface area contributed by atoms with Crippen molar-refractivity contribution < 1.29 is 22.7 Å². The second-order valence-electron chi connectivity index (χ2n) is 10.2. The predicted octanol–water partition coefficient (Wildman–Crippen LogP) is 8.44. The first kappa shape index (κ1) is 31.1. The van der Waals surface area contributed by atoms with Crippen LogP contribution in [-0.2, 0) is 17.5 Å². The van der Waals surface area contributed by atoms with E-state index in [0.717, 1.165) is 22.9 Å². The maximum atomic E-state index is 13.6. The molecule has 220 valence electrons. The van der Waals surface area contributed by atoms with E-state index in [1.807, 2.05) is 60.7 Å². The van der Waals surface area contributed by atoms with Crippen LogP contribution in [0.4, 0.5) is 18.9 Å². The average molecular weight is 595 g/mol. The van der Waals surface area contributed by atoms with Crippen LogP contribution in [0.25, 0.3) is 0 Å².